The lowest BCUT2D eigenvalue weighted by molar-refractivity contribution is 0.248. The normalized spacial score (nSPS) is 15.5. The molecule has 0 saturated carbocycles. The molecule has 1 fully saturated rings. The summed E-state index contributed by atoms with van der Waals surface area (Å²) in [6.07, 6.45) is 0. The smallest absolute Gasteiger partial charge is 0.232 e. The van der Waals surface area contributed by atoms with E-state index in [9.17, 15) is 0 Å². The Morgan fingerprint density at radius 1 is 0.913 bits per heavy atom. The van der Waals surface area contributed by atoms with Crippen LogP contribution in [0.3, 0.4) is 0 Å². The van der Waals surface area contributed by atoms with Gasteiger partial charge in [0.25, 0.3) is 0 Å². The highest BCUT2D eigenvalue weighted by Gasteiger charge is 2.20. The largest absolute Gasteiger partial charge is 0.481 e. The Labute approximate surface area is 136 Å². The molecule has 0 N–H and O–H groups in total. The molecule has 0 spiro atoms. The third-order valence-electron chi connectivity index (χ3n) is 3.99. The first-order chi connectivity index (χ1) is 11.3. The van der Waals surface area contributed by atoms with E-state index in [2.05, 4.69) is 50.1 Å². The van der Waals surface area contributed by atoms with Crippen LogP contribution in [0.15, 0.2) is 36.4 Å². The number of piperazine rings is 1. The van der Waals surface area contributed by atoms with Crippen LogP contribution in [0.4, 0.5) is 5.95 Å². The van der Waals surface area contributed by atoms with Crippen LogP contribution in [-0.2, 0) is 6.54 Å². The van der Waals surface area contributed by atoms with E-state index < -0.39 is 0 Å². The molecule has 6 nitrogen and oxygen atoms in total. The van der Waals surface area contributed by atoms with Crippen LogP contribution < -0.4 is 14.4 Å². The number of ether oxygens (including phenoxy) is 2. The van der Waals surface area contributed by atoms with Gasteiger partial charge in [-0.2, -0.15) is 9.97 Å². The second kappa shape index (κ2) is 7.28. The lowest BCUT2D eigenvalue weighted by Crippen LogP contribution is -2.46. The molecule has 6 heteroatoms. The lowest BCUT2D eigenvalue weighted by atomic mass is 10.2. The average Bonchev–Trinajstić information content (AvgIpc) is 2.62. The Morgan fingerprint density at radius 3 is 2.09 bits per heavy atom. The third kappa shape index (κ3) is 3.90. The molecule has 1 aliphatic heterocycles. The van der Waals surface area contributed by atoms with Gasteiger partial charge in [0.1, 0.15) is 0 Å². The van der Waals surface area contributed by atoms with E-state index in [-0.39, 0.29) is 0 Å². The molecule has 0 bridgehead atoms. The van der Waals surface area contributed by atoms with Crippen molar-refractivity contribution in [1.82, 2.24) is 14.9 Å². The van der Waals surface area contributed by atoms with Crippen LogP contribution >= 0.6 is 0 Å². The number of hydrogen-bond donors (Lipinski definition) is 0. The topological polar surface area (TPSA) is 50.7 Å². The van der Waals surface area contributed by atoms with Crippen molar-refractivity contribution in [2.75, 3.05) is 45.3 Å². The van der Waals surface area contributed by atoms with Gasteiger partial charge in [0.2, 0.25) is 17.7 Å². The molecule has 122 valence electrons. The first-order valence-electron chi connectivity index (χ1n) is 7.77. The van der Waals surface area contributed by atoms with E-state index in [0.717, 1.165) is 32.7 Å². The summed E-state index contributed by atoms with van der Waals surface area (Å²) in [5.74, 6) is 1.72. The number of methoxy groups -OCH3 is 2. The monoisotopic (exact) mass is 314 g/mol. The van der Waals surface area contributed by atoms with E-state index in [4.69, 9.17) is 9.47 Å². The molecular formula is C17H22N4O2. The van der Waals surface area contributed by atoms with Crippen LogP contribution in [0.25, 0.3) is 0 Å². The Hall–Kier alpha value is -2.34. The summed E-state index contributed by atoms with van der Waals surface area (Å²) < 4.78 is 10.4. The number of aromatic nitrogens is 2. The molecule has 0 atom stereocenters. The van der Waals surface area contributed by atoms with Gasteiger partial charge in [0.05, 0.1) is 20.3 Å². The van der Waals surface area contributed by atoms with E-state index in [0.29, 0.717) is 17.7 Å². The molecule has 1 aliphatic rings. The maximum atomic E-state index is 5.22. The Bertz CT molecular complexity index is 605. The van der Waals surface area contributed by atoms with E-state index in [1.807, 2.05) is 0 Å². The molecule has 23 heavy (non-hydrogen) atoms. The number of nitrogens with zero attached hydrogens (tertiary/aromatic N) is 4. The standard InChI is InChI=1S/C17H22N4O2/c1-22-15-12-16(23-2)19-17(18-15)21-10-8-20(9-11-21)13-14-6-4-3-5-7-14/h3-7,12H,8-11,13H2,1-2H3. The number of anilines is 1. The summed E-state index contributed by atoms with van der Waals surface area (Å²) in [4.78, 5) is 13.5. The fourth-order valence-electron chi connectivity index (χ4n) is 2.69. The van der Waals surface area contributed by atoms with Crippen LogP contribution in [0, 0.1) is 0 Å². The van der Waals surface area contributed by atoms with Gasteiger partial charge < -0.3 is 14.4 Å². The van der Waals surface area contributed by atoms with Gasteiger partial charge in [-0.15, -0.1) is 0 Å². The second-order valence-corrected chi connectivity index (χ2v) is 5.50. The van der Waals surface area contributed by atoms with E-state index in [1.54, 1.807) is 20.3 Å². The second-order valence-electron chi connectivity index (χ2n) is 5.50. The SMILES string of the molecule is COc1cc(OC)nc(N2CCN(Cc3ccccc3)CC2)n1. The minimum atomic E-state index is 0.526. The van der Waals surface area contributed by atoms with Crippen LogP contribution in [0.5, 0.6) is 11.8 Å². The first-order valence-corrected chi connectivity index (χ1v) is 7.77. The number of hydrogen-bond acceptors (Lipinski definition) is 6. The first kappa shape index (κ1) is 15.6. The van der Waals surface area contributed by atoms with Crippen molar-refractivity contribution in [3.8, 4) is 11.8 Å². The molecule has 1 aromatic heterocycles. The molecule has 1 saturated heterocycles. The lowest BCUT2D eigenvalue weighted by Gasteiger charge is -2.34. The van der Waals surface area contributed by atoms with Crippen molar-refractivity contribution in [1.29, 1.82) is 0 Å². The zero-order valence-electron chi connectivity index (χ0n) is 13.6. The zero-order chi connectivity index (χ0) is 16.1. The van der Waals surface area contributed by atoms with Crippen molar-refractivity contribution in [3.05, 3.63) is 42.0 Å². The molecule has 2 heterocycles. The predicted molar refractivity (Wildman–Crippen MR) is 89.1 cm³/mol. The van der Waals surface area contributed by atoms with Gasteiger partial charge >= 0.3 is 0 Å². The minimum Gasteiger partial charge on any atom is -0.481 e. The van der Waals surface area contributed by atoms with Gasteiger partial charge in [-0.25, -0.2) is 0 Å². The highest BCUT2D eigenvalue weighted by atomic mass is 16.5. The maximum Gasteiger partial charge on any atom is 0.232 e. The molecular weight excluding hydrogens is 292 g/mol. The van der Waals surface area contributed by atoms with Crippen molar-refractivity contribution in [2.45, 2.75) is 6.54 Å². The molecule has 1 aromatic carbocycles. The quantitative estimate of drug-likeness (QED) is 0.839. The maximum absolute atomic E-state index is 5.22. The Morgan fingerprint density at radius 2 is 1.52 bits per heavy atom. The van der Waals surface area contributed by atoms with Crippen molar-refractivity contribution < 1.29 is 9.47 Å². The average molecular weight is 314 g/mol. The van der Waals surface area contributed by atoms with E-state index in [1.165, 1.54) is 5.56 Å². The fourth-order valence-corrected chi connectivity index (χ4v) is 2.69. The molecule has 2 aromatic rings. The van der Waals surface area contributed by atoms with Gasteiger partial charge in [0, 0.05) is 32.7 Å². The Balaban J connectivity index is 1.62. The fraction of sp³-hybridized carbons (Fsp3) is 0.412. The molecule has 0 aliphatic carbocycles. The van der Waals surface area contributed by atoms with Crippen LogP contribution in [0.1, 0.15) is 5.56 Å². The molecule has 0 amide bonds. The molecule has 0 radical (unpaired) electrons. The highest BCUT2D eigenvalue weighted by Crippen LogP contribution is 2.21. The third-order valence-corrected chi connectivity index (χ3v) is 3.99. The number of benzene rings is 1. The minimum absolute atomic E-state index is 0.526. The summed E-state index contributed by atoms with van der Waals surface area (Å²) in [6, 6.07) is 12.2. The van der Waals surface area contributed by atoms with Gasteiger partial charge in [-0.05, 0) is 5.56 Å². The Kier molecular flexibility index (Phi) is 4.92. The summed E-state index contributed by atoms with van der Waals surface area (Å²) in [7, 11) is 3.20. The van der Waals surface area contributed by atoms with Gasteiger partial charge in [0.15, 0.2) is 0 Å². The summed E-state index contributed by atoms with van der Waals surface area (Å²) >= 11 is 0. The van der Waals surface area contributed by atoms with Crippen LogP contribution in [-0.4, -0.2) is 55.3 Å². The van der Waals surface area contributed by atoms with Gasteiger partial charge in [-0.3, -0.25) is 4.90 Å². The van der Waals surface area contributed by atoms with E-state index >= 15 is 0 Å². The summed E-state index contributed by atoms with van der Waals surface area (Å²) in [5, 5.41) is 0. The van der Waals surface area contributed by atoms with Crippen LogP contribution in [0.2, 0.25) is 0 Å². The molecule has 0 unspecified atom stereocenters. The van der Waals surface area contributed by atoms with Crippen molar-refractivity contribution in [3.63, 3.8) is 0 Å². The highest BCUT2D eigenvalue weighted by molar-refractivity contribution is 5.37. The van der Waals surface area contributed by atoms with Gasteiger partial charge in [-0.1, -0.05) is 30.3 Å². The number of rotatable bonds is 5. The molecule has 3 rings (SSSR count). The summed E-state index contributed by atoms with van der Waals surface area (Å²) in [5.41, 5.74) is 1.35. The van der Waals surface area contributed by atoms with Crippen molar-refractivity contribution in [2.24, 2.45) is 0 Å². The van der Waals surface area contributed by atoms with Crippen molar-refractivity contribution >= 4 is 5.95 Å². The summed E-state index contributed by atoms with van der Waals surface area (Å²) in [6.45, 7) is 4.73. The zero-order valence-corrected chi connectivity index (χ0v) is 13.6. The predicted octanol–water partition coefficient (Wildman–Crippen LogP) is 1.82.